The van der Waals surface area contributed by atoms with Gasteiger partial charge in [0.1, 0.15) is 17.6 Å². The molecule has 0 spiro atoms. The van der Waals surface area contributed by atoms with Gasteiger partial charge in [0.2, 0.25) is 5.95 Å². The molecule has 6 nitrogen and oxygen atoms in total. The average molecular weight is 310 g/mol. The molecule has 5 rings (SSSR count). The number of nitriles is 1. The van der Waals surface area contributed by atoms with Crippen molar-refractivity contribution in [3.05, 3.63) is 47.8 Å². The second-order valence-corrected chi connectivity index (χ2v) is 5.93. The number of hydrogen-bond donors (Lipinski definition) is 0. The maximum atomic E-state index is 13.7. The van der Waals surface area contributed by atoms with Crippen LogP contribution in [0.4, 0.5) is 10.3 Å². The van der Waals surface area contributed by atoms with E-state index >= 15 is 0 Å². The van der Waals surface area contributed by atoms with Crippen molar-refractivity contribution in [2.45, 2.75) is 25.0 Å². The van der Waals surface area contributed by atoms with Gasteiger partial charge in [-0.05, 0) is 24.6 Å². The molecule has 3 aliphatic heterocycles. The van der Waals surface area contributed by atoms with E-state index in [-0.39, 0.29) is 5.82 Å². The molecule has 0 radical (unpaired) electrons. The maximum absolute atomic E-state index is 13.7. The van der Waals surface area contributed by atoms with Gasteiger partial charge >= 0.3 is 0 Å². The minimum atomic E-state index is -0.256. The van der Waals surface area contributed by atoms with E-state index in [1.807, 2.05) is 6.07 Å². The summed E-state index contributed by atoms with van der Waals surface area (Å²) in [6.45, 7) is 2.17. The number of nitrogens with zero attached hydrogens (tertiary/aromatic N) is 6. The molecule has 7 heteroatoms. The number of halogens is 1. The second kappa shape index (κ2) is 5.56. The summed E-state index contributed by atoms with van der Waals surface area (Å²) in [5.41, 5.74) is 0.871. The number of pyridine rings is 1. The van der Waals surface area contributed by atoms with Crippen molar-refractivity contribution in [1.82, 2.24) is 19.9 Å². The van der Waals surface area contributed by atoms with Crippen LogP contribution in [0.5, 0.6) is 0 Å². The van der Waals surface area contributed by atoms with E-state index in [0.29, 0.717) is 36.0 Å². The van der Waals surface area contributed by atoms with Gasteiger partial charge in [-0.2, -0.15) is 5.26 Å². The molecule has 0 saturated carbocycles. The molecule has 2 aromatic heterocycles. The number of piperazine rings is 1. The molecule has 3 fully saturated rings. The first kappa shape index (κ1) is 14.0. The Labute approximate surface area is 133 Å². The van der Waals surface area contributed by atoms with Crippen LogP contribution in [0.2, 0.25) is 0 Å². The molecule has 3 aliphatic rings. The lowest BCUT2D eigenvalue weighted by Crippen LogP contribution is -2.69. The lowest BCUT2D eigenvalue weighted by Gasteiger charge is -2.56. The first-order chi connectivity index (χ1) is 11.2. The predicted octanol–water partition coefficient (Wildman–Crippen LogP) is 1.35. The topological polar surface area (TPSA) is 68.9 Å². The van der Waals surface area contributed by atoms with E-state index in [0.717, 1.165) is 19.5 Å². The molecule has 2 unspecified atom stereocenters. The number of anilines is 1. The largest absolute Gasteiger partial charge is 0.332 e. The SMILES string of the molecule is N#Cc1ccnc(N2C3CC2CN(Cc2ncccc2F)C3)n1. The first-order valence-corrected chi connectivity index (χ1v) is 7.58. The molecule has 0 aromatic carbocycles. The van der Waals surface area contributed by atoms with E-state index in [4.69, 9.17) is 5.26 Å². The lowest BCUT2D eigenvalue weighted by atomic mass is 9.87. The summed E-state index contributed by atoms with van der Waals surface area (Å²) in [7, 11) is 0. The molecule has 0 N–H and O–H groups in total. The summed E-state index contributed by atoms with van der Waals surface area (Å²) < 4.78 is 13.7. The fourth-order valence-corrected chi connectivity index (χ4v) is 3.43. The summed E-state index contributed by atoms with van der Waals surface area (Å²) >= 11 is 0. The zero-order valence-corrected chi connectivity index (χ0v) is 12.4. The van der Waals surface area contributed by atoms with Crippen molar-refractivity contribution in [3.8, 4) is 6.07 Å². The number of fused-ring (bicyclic) bond motifs is 2. The van der Waals surface area contributed by atoms with Crippen LogP contribution in [0.15, 0.2) is 30.6 Å². The summed E-state index contributed by atoms with van der Waals surface area (Å²) in [4.78, 5) is 17.1. The van der Waals surface area contributed by atoms with Gasteiger partial charge in [0.15, 0.2) is 0 Å². The highest BCUT2D eigenvalue weighted by Crippen LogP contribution is 2.35. The second-order valence-electron chi connectivity index (χ2n) is 5.93. The molecule has 2 atom stereocenters. The number of hydrogen-bond acceptors (Lipinski definition) is 6. The Morgan fingerprint density at radius 3 is 2.78 bits per heavy atom. The van der Waals surface area contributed by atoms with Gasteiger partial charge < -0.3 is 4.90 Å². The van der Waals surface area contributed by atoms with Crippen molar-refractivity contribution in [2.24, 2.45) is 0 Å². The van der Waals surface area contributed by atoms with Crippen molar-refractivity contribution in [1.29, 1.82) is 5.26 Å². The third kappa shape index (κ3) is 2.51. The molecule has 116 valence electrons. The Morgan fingerprint density at radius 2 is 2.04 bits per heavy atom. The van der Waals surface area contributed by atoms with Crippen molar-refractivity contribution >= 4 is 5.95 Å². The Kier molecular flexibility index (Phi) is 3.39. The summed E-state index contributed by atoms with van der Waals surface area (Å²) in [6.07, 6.45) is 4.33. The van der Waals surface area contributed by atoms with Crippen LogP contribution < -0.4 is 4.90 Å². The molecule has 0 amide bonds. The van der Waals surface area contributed by atoms with Gasteiger partial charge in [-0.15, -0.1) is 0 Å². The fraction of sp³-hybridized carbons (Fsp3) is 0.375. The summed E-state index contributed by atoms with van der Waals surface area (Å²) in [6, 6.07) is 7.33. The van der Waals surface area contributed by atoms with Crippen LogP contribution in [0, 0.1) is 17.1 Å². The maximum Gasteiger partial charge on any atom is 0.227 e. The van der Waals surface area contributed by atoms with Crippen LogP contribution in [0.25, 0.3) is 0 Å². The Balaban J connectivity index is 1.46. The molecule has 5 heterocycles. The average Bonchev–Trinajstić information content (AvgIpc) is 2.57. The Bertz CT molecular complexity index is 761. The zero-order chi connectivity index (χ0) is 15.8. The Hall–Kier alpha value is -2.59. The van der Waals surface area contributed by atoms with Crippen LogP contribution in [0.1, 0.15) is 17.8 Å². The monoisotopic (exact) mass is 310 g/mol. The Morgan fingerprint density at radius 1 is 1.22 bits per heavy atom. The molecule has 2 bridgehead atoms. The minimum absolute atomic E-state index is 0.256. The van der Waals surface area contributed by atoms with Crippen LogP contribution in [-0.4, -0.2) is 45.0 Å². The van der Waals surface area contributed by atoms with E-state index < -0.39 is 0 Å². The third-order valence-electron chi connectivity index (χ3n) is 4.47. The van der Waals surface area contributed by atoms with Gasteiger partial charge in [-0.3, -0.25) is 9.88 Å². The summed E-state index contributed by atoms with van der Waals surface area (Å²) in [5, 5.41) is 8.96. The fourth-order valence-electron chi connectivity index (χ4n) is 3.43. The zero-order valence-electron chi connectivity index (χ0n) is 12.4. The number of piperidine rings is 1. The molecule has 0 aliphatic carbocycles. The van der Waals surface area contributed by atoms with Gasteiger partial charge in [0.05, 0.1) is 5.69 Å². The van der Waals surface area contributed by atoms with Crippen molar-refractivity contribution < 1.29 is 4.39 Å². The smallest absolute Gasteiger partial charge is 0.227 e. The lowest BCUT2D eigenvalue weighted by molar-refractivity contribution is 0.104. The van der Waals surface area contributed by atoms with Gasteiger partial charge in [0, 0.05) is 44.1 Å². The van der Waals surface area contributed by atoms with E-state index in [1.165, 1.54) is 6.07 Å². The molecule has 2 aromatic rings. The quantitative estimate of drug-likeness (QED) is 0.852. The van der Waals surface area contributed by atoms with Crippen LogP contribution in [0.3, 0.4) is 0 Å². The molecule has 3 saturated heterocycles. The highest BCUT2D eigenvalue weighted by atomic mass is 19.1. The van der Waals surface area contributed by atoms with E-state index in [9.17, 15) is 4.39 Å². The van der Waals surface area contributed by atoms with Gasteiger partial charge in [0.25, 0.3) is 0 Å². The van der Waals surface area contributed by atoms with Crippen LogP contribution in [-0.2, 0) is 6.54 Å². The van der Waals surface area contributed by atoms with Gasteiger partial charge in [-0.1, -0.05) is 0 Å². The highest BCUT2D eigenvalue weighted by Gasteiger charge is 2.46. The summed E-state index contributed by atoms with van der Waals surface area (Å²) in [5.74, 6) is 0.364. The number of rotatable bonds is 3. The highest BCUT2D eigenvalue weighted by molar-refractivity contribution is 5.42. The molecular weight excluding hydrogens is 295 g/mol. The van der Waals surface area contributed by atoms with Crippen molar-refractivity contribution in [2.75, 3.05) is 18.0 Å². The molecular formula is C16H15FN6. The van der Waals surface area contributed by atoms with E-state index in [1.54, 1.807) is 24.5 Å². The van der Waals surface area contributed by atoms with E-state index in [2.05, 4.69) is 24.8 Å². The normalized spacial score (nSPS) is 23.2. The predicted molar refractivity (Wildman–Crippen MR) is 80.9 cm³/mol. The third-order valence-corrected chi connectivity index (χ3v) is 4.47. The van der Waals surface area contributed by atoms with Crippen molar-refractivity contribution in [3.63, 3.8) is 0 Å². The van der Waals surface area contributed by atoms with Gasteiger partial charge in [-0.25, -0.2) is 14.4 Å². The van der Waals surface area contributed by atoms with Crippen LogP contribution >= 0.6 is 0 Å². The number of aromatic nitrogens is 3. The molecule has 23 heavy (non-hydrogen) atoms. The first-order valence-electron chi connectivity index (χ1n) is 7.58. The standard InChI is InChI=1S/C16H15FN6/c17-14-2-1-4-19-15(14)10-22-8-12-6-13(9-22)23(12)16-20-5-3-11(7-18)21-16/h1-5,12-13H,6,8-10H2. The minimum Gasteiger partial charge on any atom is -0.332 e.